The third-order valence-corrected chi connectivity index (χ3v) is 8.75. The molecule has 0 spiro atoms. The van der Waals surface area contributed by atoms with Crippen molar-refractivity contribution in [3.8, 4) is 0 Å². The lowest BCUT2D eigenvalue weighted by Gasteiger charge is -2.20. The number of ether oxygens (including phenoxy) is 2. The summed E-state index contributed by atoms with van der Waals surface area (Å²) < 4.78 is 32.5. The fourth-order valence-electron chi connectivity index (χ4n) is 4.72. The second-order valence-electron chi connectivity index (χ2n) is 12.9. The van der Waals surface area contributed by atoms with Crippen LogP contribution in [0, 0.1) is 0 Å². The molecule has 0 aliphatic rings. The van der Waals surface area contributed by atoms with Gasteiger partial charge in [0.2, 0.25) is 0 Å². The maximum Gasteiger partial charge on any atom is 0.472 e. The molecule has 1 unspecified atom stereocenters. The molecule has 0 aromatic heterocycles. The lowest BCUT2D eigenvalue weighted by molar-refractivity contribution is -0.161. The summed E-state index contributed by atoms with van der Waals surface area (Å²) >= 11 is 0. The van der Waals surface area contributed by atoms with E-state index in [4.69, 9.17) is 19.1 Å². The van der Waals surface area contributed by atoms with Gasteiger partial charge in [0.05, 0.1) is 19.8 Å². The average molecular weight is 779 g/mol. The summed E-state index contributed by atoms with van der Waals surface area (Å²) in [5, 5.41) is 18.3. The van der Waals surface area contributed by atoms with Gasteiger partial charge in [0, 0.05) is 12.8 Å². The zero-order valence-corrected chi connectivity index (χ0v) is 34.0. The zero-order chi connectivity index (χ0) is 39.8. The molecule has 0 saturated carbocycles. The summed E-state index contributed by atoms with van der Waals surface area (Å²) in [6, 6.07) is 0. The Morgan fingerprint density at radius 3 is 1.61 bits per heavy atom. The predicted octanol–water partition coefficient (Wildman–Crippen LogP) is 10.3. The van der Waals surface area contributed by atoms with Crippen LogP contribution in [0.25, 0.3) is 0 Å². The minimum atomic E-state index is -4.64. The van der Waals surface area contributed by atoms with Gasteiger partial charge in [0.1, 0.15) is 12.7 Å². The molecule has 0 heterocycles. The van der Waals surface area contributed by atoms with Gasteiger partial charge in [0.25, 0.3) is 0 Å². The molecule has 3 N–H and O–H groups in total. The predicted molar refractivity (Wildman–Crippen MR) is 219 cm³/mol. The molecule has 0 aliphatic heterocycles. The topological polar surface area (TPSA) is 149 Å². The van der Waals surface area contributed by atoms with Gasteiger partial charge < -0.3 is 24.6 Å². The largest absolute Gasteiger partial charge is 0.472 e. The number of carbonyl (C=O) groups is 2. The summed E-state index contributed by atoms with van der Waals surface area (Å²) in [6.45, 7) is 2.11. The number of allylic oxidation sites excluding steroid dienone is 14. The highest BCUT2D eigenvalue weighted by Gasteiger charge is 2.27. The first kappa shape index (κ1) is 51.1. The van der Waals surface area contributed by atoms with Crippen LogP contribution in [0.5, 0.6) is 0 Å². The van der Waals surface area contributed by atoms with Gasteiger partial charge in [-0.05, 0) is 77.0 Å². The summed E-state index contributed by atoms with van der Waals surface area (Å²) in [5.41, 5.74) is 0. The first-order valence-corrected chi connectivity index (χ1v) is 21.5. The molecule has 0 amide bonds. The molecule has 0 saturated heterocycles. The number of rotatable bonds is 36. The molecule has 0 radical (unpaired) electrons. The van der Waals surface area contributed by atoms with Crippen molar-refractivity contribution in [1.29, 1.82) is 0 Å². The molecule has 0 fully saturated rings. The Hall–Kier alpha value is -2.85. The van der Waals surface area contributed by atoms with Crippen LogP contribution in [0.4, 0.5) is 0 Å². The van der Waals surface area contributed by atoms with Gasteiger partial charge in [-0.1, -0.05) is 131 Å². The van der Waals surface area contributed by atoms with Gasteiger partial charge in [-0.25, -0.2) is 4.57 Å². The van der Waals surface area contributed by atoms with Crippen LogP contribution in [0.2, 0.25) is 0 Å². The second-order valence-corrected chi connectivity index (χ2v) is 14.4. The van der Waals surface area contributed by atoms with Crippen molar-refractivity contribution in [3.05, 3.63) is 85.1 Å². The third-order valence-electron chi connectivity index (χ3n) is 7.80. The van der Waals surface area contributed by atoms with E-state index in [9.17, 15) is 24.2 Å². The number of phosphoric acid groups is 1. The highest BCUT2D eigenvalue weighted by Crippen LogP contribution is 2.43. The number of aliphatic hydroxyl groups excluding tert-OH is 2. The van der Waals surface area contributed by atoms with Crippen LogP contribution < -0.4 is 0 Å². The van der Waals surface area contributed by atoms with E-state index in [2.05, 4.69) is 91.3 Å². The molecule has 0 bridgehead atoms. The van der Waals surface area contributed by atoms with Crippen molar-refractivity contribution >= 4 is 19.8 Å². The van der Waals surface area contributed by atoms with Crippen LogP contribution in [0.3, 0.4) is 0 Å². The first-order valence-electron chi connectivity index (χ1n) is 20.0. The third kappa shape index (κ3) is 37.5. The fraction of sp³-hybridized carbons (Fsp3) is 0.628. The zero-order valence-electron chi connectivity index (χ0n) is 33.1. The minimum absolute atomic E-state index is 0.110. The Bertz CT molecular complexity index is 1170. The first-order chi connectivity index (χ1) is 26.2. The maximum absolute atomic E-state index is 12.5. The Balaban J connectivity index is 4.48. The number of esters is 2. The van der Waals surface area contributed by atoms with Crippen molar-refractivity contribution in [2.24, 2.45) is 0 Å². The van der Waals surface area contributed by atoms with Crippen LogP contribution in [0.1, 0.15) is 136 Å². The molecule has 54 heavy (non-hydrogen) atoms. The van der Waals surface area contributed by atoms with Crippen LogP contribution in [-0.4, -0.2) is 65.7 Å². The Labute approximate surface area is 326 Å². The molecule has 0 aliphatic carbocycles. The van der Waals surface area contributed by atoms with Crippen LogP contribution in [-0.2, 0) is 32.7 Å². The molecule has 10 nitrogen and oxygen atoms in total. The number of hydrogen-bond acceptors (Lipinski definition) is 9. The molecular weight excluding hydrogens is 707 g/mol. The van der Waals surface area contributed by atoms with Gasteiger partial charge in [-0.3, -0.25) is 18.6 Å². The minimum Gasteiger partial charge on any atom is -0.462 e. The molecule has 0 aromatic rings. The number of carbonyl (C=O) groups excluding carboxylic acids is 2. The van der Waals surface area contributed by atoms with Gasteiger partial charge in [-0.15, -0.1) is 0 Å². The van der Waals surface area contributed by atoms with Crippen molar-refractivity contribution in [2.75, 3.05) is 26.4 Å². The van der Waals surface area contributed by atoms with E-state index in [-0.39, 0.29) is 19.4 Å². The Morgan fingerprint density at radius 1 is 0.574 bits per heavy atom. The van der Waals surface area contributed by atoms with E-state index in [0.29, 0.717) is 12.8 Å². The number of hydrogen-bond donors (Lipinski definition) is 3. The van der Waals surface area contributed by atoms with E-state index >= 15 is 0 Å². The van der Waals surface area contributed by atoms with Crippen LogP contribution >= 0.6 is 7.82 Å². The average Bonchev–Trinajstić information content (AvgIpc) is 3.16. The fourth-order valence-corrected chi connectivity index (χ4v) is 5.51. The smallest absolute Gasteiger partial charge is 0.462 e. The van der Waals surface area contributed by atoms with Crippen molar-refractivity contribution in [2.45, 2.75) is 148 Å². The highest BCUT2D eigenvalue weighted by molar-refractivity contribution is 7.47. The summed E-state index contributed by atoms with van der Waals surface area (Å²) in [4.78, 5) is 34.8. The van der Waals surface area contributed by atoms with Gasteiger partial charge in [0.15, 0.2) is 6.10 Å². The van der Waals surface area contributed by atoms with E-state index in [0.717, 1.165) is 77.0 Å². The van der Waals surface area contributed by atoms with E-state index in [1.54, 1.807) is 0 Å². The monoisotopic (exact) mass is 778 g/mol. The molecule has 3 atom stereocenters. The molecule has 0 rings (SSSR count). The normalized spacial score (nSPS) is 14.8. The summed E-state index contributed by atoms with van der Waals surface area (Å²) in [5.74, 6) is -1.04. The summed E-state index contributed by atoms with van der Waals surface area (Å²) in [6.07, 6.45) is 44.2. The quantitative estimate of drug-likeness (QED) is 0.0243. The maximum atomic E-state index is 12.5. The van der Waals surface area contributed by atoms with E-state index in [1.165, 1.54) is 19.3 Å². The van der Waals surface area contributed by atoms with Crippen molar-refractivity contribution in [3.63, 3.8) is 0 Å². The number of unbranched alkanes of at least 4 members (excludes halogenated alkanes) is 8. The molecule has 0 aromatic carbocycles. The van der Waals surface area contributed by atoms with E-state index in [1.807, 2.05) is 12.2 Å². The lowest BCUT2D eigenvalue weighted by atomic mass is 10.1. The lowest BCUT2D eigenvalue weighted by Crippen LogP contribution is -2.29. The highest BCUT2D eigenvalue weighted by atomic mass is 31.2. The summed E-state index contributed by atoms with van der Waals surface area (Å²) in [7, 11) is -4.64. The van der Waals surface area contributed by atoms with Gasteiger partial charge >= 0.3 is 19.8 Å². The van der Waals surface area contributed by atoms with Crippen LogP contribution in [0.15, 0.2) is 85.1 Å². The van der Waals surface area contributed by atoms with E-state index < -0.39 is 51.8 Å². The van der Waals surface area contributed by atoms with Crippen molar-refractivity contribution in [1.82, 2.24) is 0 Å². The second kappa shape index (κ2) is 38.4. The van der Waals surface area contributed by atoms with Crippen molar-refractivity contribution < 1.29 is 47.8 Å². The molecule has 308 valence electrons. The standard InChI is InChI=1S/C43H71O10P/c1-3-5-7-9-11-13-15-17-18-19-20-21-22-23-25-26-28-30-32-34-42(46)50-38-41(39-52-54(48,49)51-37-40(45)36-44)53-43(47)35-33-31-29-27-24-16-14-12-10-8-6-4-2/h5,7,11-14,17-18,20-21,23,25,28,30,40-41,44-45H,3-4,6,8-10,15-16,19,22,24,26-27,29,31-39H2,1-2H3,(H,48,49)/b7-5-,13-11-,14-12-,18-17-,21-20-,25-23-,30-28-/t40-,41+/m0/s1. The molecular formula is C43H71O10P. The Morgan fingerprint density at radius 2 is 1.06 bits per heavy atom. The Kier molecular flexibility index (Phi) is 36.4. The van der Waals surface area contributed by atoms with Gasteiger partial charge in [-0.2, -0.15) is 0 Å². The SMILES string of the molecule is CC/C=C\C/C=C\C/C=C\C/C=C\C/C=C\C/C=C\CCC(=O)OC[C@H](COP(=O)(O)OC[C@@H](O)CO)OC(=O)CCCCCCC/C=C\CCCCC. The number of aliphatic hydroxyl groups is 2. The number of phosphoric ester groups is 1. The molecule has 11 heteroatoms.